The molecule has 3 rings (SSSR count). The monoisotopic (exact) mass is 285 g/mol. The molecule has 0 saturated heterocycles. The number of nitrogens with zero attached hydrogens (tertiary/aromatic N) is 1. The van der Waals surface area contributed by atoms with Crippen molar-refractivity contribution in [2.45, 2.75) is 0 Å². The van der Waals surface area contributed by atoms with Crippen LogP contribution in [0.25, 0.3) is 6.08 Å². The SMILES string of the molecule is O=S1(=O)N=C(/C=C/c2ccccc2)c2ccccc2O1. The Bertz CT molecular complexity index is 793. The Morgan fingerprint density at radius 1 is 0.900 bits per heavy atom. The third kappa shape index (κ3) is 2.62. The van der Waals surface area contributed by atoms with E-state index in [1.165, 1.54) is 0 Å². The minimum Gasteiger partial charge on any atom is -0.365 e. The van der Waals surface area contributed by atoms with E-state index in [4.69, 9.17) is 4.18 Å². The van der Waals surface area contributed by atoms with Crippen LogP contribution in [0.5, 0.6) is 5.75 Å². The van der Waals surface area contributed by atoms with E-state index in [1.54, 1.807) is 24.3 Å². The largest absolute Gasteiger partial charge is 0.429 e. The molecule has 4 nitrogen and oxygen atoms in total. The van der Waals surface area contributed by atoms with Crippen LogP contribution in [0.15, 0.2) is 65.1 Å². The van der Waals surface area contributed by atoms with E-state index in [9.17, 15) is 8.42 Å². The second-order valence-electron chi connectivity index (χ2n) is 4.23. The molecule has 1 aliphatic rings. The highest BCUT2D eigenvalue weighted by molar-refractivity contribution is 7.86. The predicted octanol–water partition coefficient (Wildman–Crippen LogP) is 2.83. The van der Waals surface area contributed by atoms with Crippen molar-refractivity contribution in [1.82, 2.24) is 0 Å². The summed E-state index contributed by atoms with van der Waals surface area (Å²) in [4.78, 5) is 0. The summed E-state index contributed by atoms with van der Waals surface area (Å²) in [5, 5.41) is 0. The summed E-state index contributed by atoms with van der Waals surface area (Å²) in [5.41, 5.74) is 2.00. The summed E-state index contributed by atoms with van der Waals surface area (Å²) >= 11 is 0. The average Bonchev–Trinajstić information content (AvgIpc) is 2.45. The zero-order valence-corrected chi connectivity index (χ0v) is 11.2. The van der Waals surface area contributed by atoms with Crippen LogP contribution >= 0.6 is 0 Å². The van der Waals surface area contributed by atoms with Gasteiger partial charge in [0.15, 0.2) is 5.75 Å². The van der Waals surface area contributed by atoms with E-state index in [2.05, 4.69) is 4.40 Å². The first-order valence-electron chi connectivity index (χ1n) is 6.01. The van der Waals surface area contributed by atoms with Gasteiger partial charge in [0.1, 0.15) is 0 Å². The smallest absolute Gasteiger partial charge is 0.365 e. The maximum absolute atomic E-state index is 11.6. The first-order valence-corrected chi connectivity index (χ1v) is 7.37. The molecule has 0 radical (unpaired) electrons. The number of benzene rings is 2. The van der Waals surface area contributed by atoms with Crippen LogP contribution in [-0.2, 0) is 10.3 Å². The Morgan fingerprint density at radius 3 is 2.40 bits per heavy atom. The van der Waals surface area contributed by atoms with Gasteiger partial charge in [0.2, 0.25) is 0 Å². The molecule has 0 bridgehead atoms. The fourth-order valence-corrected chi connectivity index (χ4v) is 2.72. The summed E-state index contributed by atoms with van der Waals surface area (Å²) < 4.78 is 31.7. The van der Waals surface area contributed by atoms with Crippen molar-refractivity contribution in [3.63, 3.8) is 0 Å². The molecule has 1 aliphatic heterocycles. The molecule has 20 heavy (non-hydrogen) atoms. The van der Waals surface area contributed by atoms with Crippen LogP contribution < -0.4 is 4.18 Å². The highest BCUT2D eigenvalue weighted by atomic mass is 32.2. The fraction of sp³-hybridized carbons (Fsp3) is 0. The topological polar surface area (TPSA) is 55.7 Å². The Kier molecular flexibility index (Phi) is 3.12. The molecule has 100 valence electrons. The minimum atomic E-state index is -3.91. The number of hydrogen-bond donors (Lipinski definition) is 0. The molecule has 0 aliphatic carbocycles. The predicted molar refractivity (Wildman–Crippen MR) is 78.0 cm³/mol. The van der Waals surface area contributed by atoms with E-state index in [0.717, 1.165) is 5.56 Å². The Balaban J connectivity index is 2.03. The quantitative estimate of drug-likeness (QED) is 0.852. The van der Waals surface area contributed by atoms with Gasteiger partial charge in [-0.2, -0.15) is 8.42 Å². The van der Waals surface area contributed by atoms with Gasteiger partial charge in [0.05, 0.1) is 5.71 Å². The molecule has 2 aromatic carbocycles. The van der Waals surface area contributed by atoms with Crippen LogP contribution in [0, 0.1) is 0 Å². The van der Waals surface area contributed by atoms with Crippen LogP contribution in [0.4, 0.5) is 0 Å². The summed E-state index contributed by atoms with van der Waals surface area (Å²) in [5.74, 6) is 0.301. The van der Waals surface area contributed by atoms with Gasteiger partial charge in [-0.25, -0.2) is 0 Å². The van der Waals surface area contributed by atoms with Gasteiger partial charge >= 0.3 is 10.3 Å². The van der Waals surface area contributed by atoms with Crippen molar-refractivity contribution in [3.05, 3.63) is 71.8 Å². The standard InChI is InChI=1S/C15H11NO3S/c17-20(18)16-14(11-10-12-6-2-1-3-7-12)13-8-4-5-9-15(13)19-20/h1-11H/b11-10+. The van der Waals surface area contributed by atoms with E-state index in [1.807, 2.05) is 42.5 Å². The van der Waals surface area contributed by atoms with Crippen LogP contribution in [-0.4, -0.2) is 14.1 Å². The molecule has 0 aromatic heterocycles. The lowest BCUT2D eigenvalue weighted by Crippen LogP contribution is -2.17. The number of fused-ring (bicyclic) bond motifs is 1. The first kappa shape index (κ1) is 12.6. The van der Waals surface area contributed by atoms with Gasteiger partial charge in [-0.05, 0) is 23.8 Å². The van der Waals surface area contributed by atoms with Crippen molar-refractivity contribution in [1.29, 1.82) is 0 Å². The molecule has 0 spiro atoms. The Labute approximate surface area is 117 Å². The van der Waals surface area contributed by atoms with Crippen LogP contribution in [0.1, 0.15) is 11.1 Å². The second-order valence-corrected chi connectivity index (χ2v) is 5.43. The van der Waals surface area contributed by atoms with Crippen LogP contribution in [0.2, 0.25) is 0 Å². The first-order chi connectivity index (χ1) is 9.64. The molecule has 0 saturated carbocycles. The van der Waals surface area contributed by atoms with Crippen molar-refractivity contribution in [2.75, 3.05) is 0 Å². The van der Waals surface area contributed by atoms with Crippen molar-refractivity contribution in [2.24, 2.45) is 4.40 Å². The van der Waals surface area contributed by atoms with E-state index in [-0.39, 0.29) is 0 Å². The zero-order valence-electron chi connectivity index (χ0n) is 10.4. The van der Waals surface area contributed by atoms with Gasteiger partial charge in [-0.15, -0.1) is 4.40 Å². The Morgan fingerprint density at radius 2 is 1.60 bits per heavy atom. The highest BCUT2D eigenvalue weighted by Gasteiger charge is 2.22. The molecule has 0 N–H and O–H groups in total. The number of rotatable bonds is 2. The number of para-hydroxylation sites is 1. The van der Waals surface area contributed by atoms with Gasteiger partial charge in [0, 0.05) is 5.56 Å². The normalized spacial score (nSPS) is 16.3. The average molecular weight is 285 g/mol. The second kappa shape index (κ2) is 4.94. The maximum Gasteiger partial charge on any atom is 0.429 e. The fourth-order valence-electron chi connectivity index (χ4n) is 1.91. The number of allylic oxidation sites excluding steroid dienone is 1. The third-order valence-electron chi connectivity index (χ3n) is 2.80. The highest BCUT2D eigenvalue weighted by Crippen LogP contribution is 2.26. The summed E-state index contributed by atoms with van der Waals surface area (Å²) in [6, 6.07) is 16.5. The molecule has 0 unspecified atom stereocenters. The lowest BCUT2D eigenvalue weighted by molar-refractivity contribution is 0.485. The summed E-state index contributed by atoms with van der Waals surface area (Å²) in [6.07, 6.45) is 3.49. The molecule has 2 aromatic rings. The minimum absolute atomic E-state index is 0.301. The molecule has 5 heteroatoms. The third-order valence-corrected chi connectivity index (χ3v) is 3.61. The van der Waals surface area contributed by atoms with E-state index >= 15 is 0 Å². The summed E-state index contributed by atoms with van der Waals surface area (Å²) in [7, 11) is -3.91. The molecular formula is C15H11NO3S. The van der Waals surface area contributed by atoms with Crippen molar-refractivity contribution >= 4 is 22.1 Å². The zero-order chi connectivity index (χ0) is 14.0. The lowest BCUT2D eigenvalue weighted by atomic mass is 10.1. The number of hydrogen-bond acceptors (Lipinski definition) is 3. The van der Waals surface area contributed by atoms with Crippen molar-refractivity contribution < 1.29 is 12.6 Å². The molecule has 1 heterocycles. The summed E-state index contributed by atoms with van der Waals surface area (Å²) in [6.45, 7) is 0. The van der Waals surface area contributed by atoms with Gasteiger partial charge in [0.25, 0.3) is 0 Å². The van der Waals surface area contributed by atoms with Gasteiger partial charge < -0.3 is 4.18 Å². The lowest BCUT2D eigenvalue weighted by Gasteiger charge is -2.14. The Hall–Kier alpha value is -2.40. The van der Waals surface area contributed by atoms with Gasteiger partial charge in [-0.1, -0.05) is 48.5 Å². The van der Waals surface area contributed by atoms with Crippen molar-refractivity contribution in [3.8, 4) is 5.75 Å². The van der Waals surface area contributed by atoms with E-state index < -0.39 is 10.3 Å². The maximum atomic E-state index is 11.6. The molecule has 0 atom stereocenters. The van der Waals surface area contributed by atoms with Gasteiger partial charge in [-0.3, -0.25) is 0 Å². The molecule has 0 fully saturated rings. The molecular weight excluding hydrogens is 274 g/mol. The van der Waals surface area contributed by atoms with Crippen LogP contribution in [0.3, 0.4) is 0 Å². The molecule has 0 amide bonds. The van der Waals surface area contributed by atoms with E-state index in [0.29, 0.717) is 17.0 Å².